The van der Waals surface area contributed by atoms with Crippen LogP contribution in [-0.2, 0) is 19.3 Å². The van der Waals surface area contributed by atoms with E-state index in [4.69, 9.17) is 14.6 Å². The van der Waals surface area contributed by atoms with Gasteiger partial charge in [-0.25, -0.2) is 13.8 Å². The van der Waals surface area contributed by atoms with E-state index in [-0.39, 0.29) is 24.3 Å². The number of ether oxygens (including phenoxy) is 1. The van der Waals surface area contributed by atoms with Gasteiger partial charge < -0.3 is 20.3 Å². The quantitative estimate of drug-likeness (QED) is 0.517. The van der Waals surface area contributed by atoms with E-state index < -0.39 is 39.0 Å². The summed E-state index contributed by atoms with van der Waals surface area (Å²) in [4.78, 5) is 22.9. The van der Waals surface area contributed by atoms with Gasteiger partial charge in [-0.1, -0.05) is 0 Å². The van der Waals surface area contributed by atoms with Crippen LogP contribution in [0, 0.1) is 4.78 Å². The lowest BCUT2D eigenvalue weighted by Crippen LogP contribution is -2.44. The number of nitrogens with one attached hydrogen (secondary N) is 2. The first-order valence-corrected chi connectivity index (χ1v) is 9.90. The number of hydrogen-bond donors (Lipinski definition) is 4. The zero-order valence-corrected chi connectivity index (χ0v) is 15.3. The van der Waals surface area contributed by atoms with Crippen molar-refractivity contribution >= 4 is 21.8 Å². The van der Waals surface area contributed by atoms with Gasteiger partial charge >= 0.3 is 12.1 Å². The number of alkyl carbamates (subject to hydrolysis) is 1. The van der Waals surface area contributed by atoms with Gasteiger partial charge in [0.15, 0.2) is 0 Å². The third kappa shape index (κ3) is 7.48. The molecule has 1 fully saturated rings. The van der Waals surface area contributed by atoms with Gasteiger partial charge in [0.2, 0.25) is 0 Å². The van der Waals surface area contributed by atoms with E-state index in [1.807, 2.05) is 0 Å². The number of carboxylic acid groups (broad SMARTS) is 1. The molecule has 8 nitrogen and oxygen atoms in total. The summed E-state index contributed by atoms with van der Waals surface area (Å²) in [6.07, 6.45) is 1.52. The van der Waals surface area contributed by atoms with Crippen molar-refractivity contribution in [2.24, 2.45) is 0 Å². The van der Waals surface area contributed by atoms with Crippen molar-refractivity contribution in [3.63, 3.8) is 0 Å². The summed E-state index contributed by atoms with van der Waals surface area (Å²) >= 11 is 0. The molecular formula is C15H28N2O6S. The van der Waals surface area contributed by atoms with Crippen molar-refractivity contribution in [2.75, 3.05) is 11.5 Å². The number of hydrogen-bond acceptors (Lipinski definition) is 6. The number of aliphatic carboxylic acids is 1. The Labute approximate surface area is 142 Å². The van der Waals surface area contributed by atoms with Gasteiger partial charge in [0.05, 0.1) is 5.60 Å². The molecule has 1 aliphatic rings. The van der Waals surface area contributed by atoms with Crippen molar-refractivity contribution in [1.82, 2.24) is 5.32 Å². The minimum atomic E-state index is -3.01. The van der Waals surface area contributed by atoms with Gasteiger partial charge in [-0.2, -0.15) is 0 Å². The van der Waals surface area contributed by atoms with Crippen LogP contribution >= 0.6 is 0 Å². The average molecular weight is 364 g/mol. The lowest BCUT2D eigenvalue weighted by Gasteiger charge is -2.36. The molecule has 0 bridgehead atoms. The molecule has 0 heterocycles. The zero-order chi connectivity index (χ0) is 18.6. The van der Waals surface area contributed by atoms with Crippen LogP contribution in [0.2, 0.25) is 0 Å². The Hall–Kier alpha value is -1.35. The first-order valence-electron chi connectivity index (χ1n) is 8.01. The number of amides is 1. The molecule has 0 aromatic carbocycles. The van der Waals surface area contributed by atoms with Crippen LogP contribution < -0.4 is 5.32 Å². The molecule has 0 saturated heterocycles. The van der Waals surface area contributed by atoms with Crippen molar-refractivity contribution in [3.05, 3.63) is 0 Å². The highest BCUT2D eigenvalue weighted by molar-refractivity contribution is 7.92. The van der Waals surface area contributed by atoms with Gasteiger partial charge in [0.25, 0.3) is 0 Å². The van der Waals surface area contributed by atoms with Crippen molar-refractivity contribution in [1.29, 1.82) is 4.78 Å². The summed E-state index contributed by atoms with van der Waals surface area (Å²) in [6.45, 7) is 4.97. The third-order valence-corrected chi connectivity index (χ3v) is 5.67. The molecule has 1 aliphatic carbocycles. The van der Waals surface area contributed by atoms with Crippen LogP contribution in [0.3, 0.4) is 0 Å². The summed E-state index contributed by atoms with van der Waals surface area (Å²) in [5, 5.41) is 21.4. The maximum Gasteiger partial charge on any atom is 0.408 e. The van der Waals surface area contributed by atoms with Gasteiger partial charge in [0.1, 0.15) is 11.6 Å². The smallest absolute Gasteiger partial charge is 0.408 e. The van der Waals surface area contributed by atoms with E-state index in [1.165, 1.54) is 0 Å². The van der Waals surface area contributed by atoms with Crippen LogP contribution in [-0.4, -0.2) is 55.2 Å². The molecule has 0 radical (unpaired) electrons. The maximum atomic E-state index is 12.2. The first-order chi connectivity index (χ1) is 10.8. The maximum absolute atomic E-state index is 12.2. The molecule has 2 atom stereocenters. The second-order valence-electron chi connectivity index (χ2n) is 7.37. The van der Waals surface area contributed by atoms with E-state index in [9.17, 15) is 18.9 Å². The van der Waals surface area contributed by atoms with Gasteiger partial charge in [-0.3, -0.25) is 4.78 Å². The second-order valence-corrected chi connectivity index (χ2v) is 9.81. The minimum absolute atomic E-state index is 0.0300. The molecule has 2 unspecified atom stereocenters. The van der Waals surface area contributed by atoms with E-state index in [2.05, 4.69) is 5.32 Å². The summed E-state index contributed by atoms with van der Waals surface area (Å²) in [5.41, 5.74) is -1.57. The fraction of sp³-hybridized carbons (Fsp3) is 0.867. The standard InChI is InChI=1S/C15H28N2O6S/c1-14(2,3)23-13(20)17-11(12(18)19)5-9-24(16,22)10-8-15(21)6-4-7-15/h11,16,21H,4-10H2,1-3H3,(H,17,20)(H,18,19). The van der Waals surface area contributed by atoms with Gasteiger partial charge in [-0.05, 0) is 52.9 Å². The van der Waals surface area contributed by atoms with E-state index in [0.29, 0.717) is 12.8 Å². The van der Waals surface area contributed by atoms with Crippen molar-refractivity contribution < 1.29 is 28.7 Å². The topological polar surface area (TPSA) is 137 Å². The van der Waals surface area contributed by atoms with Crippen molar-refractivity contribution in [3.8, 4) is 0 Å². The van der Waals surface area contributed by atoms with Crippen LogP contribution in [0.1, 0.15) is 52.9 Å². The van der Waals surface area contributed by atoms with Crippen LogP contribution in [0.25, 0.3) is 0 Å². The second kappa shape index (κ2) is 7.69. The Morgan fingerprint density at radius 1 is 1.33 bits per heavy atom. The third-order valence-electron chi connectivity index (χ3n) is 3.91. The van der Waals surface area contributed by atoms with Gasteiger partial charge in [-0.15, -0.1) is 0 Å². The number of aliphatic hydroxyl groups is 1. The van der Waals surface area contributed by atoms with Crippen LogP contribution in [0.4, 0.5) is 4.79 Å². The molecule has 0 aromatic rings. The lowest BCUT2D eigenvalue weighted by atomic mass is 9.78. The van der Waals surface area contributed by atoms with Crippen LogP contribution in [0.15, 0.2) is 0 Å². The molecule has 1 amide bonds. The molecule has 0 aliphatic heterocycles. The summed E-state index contributed by atoms with van der Waals surface area (Å²) in [6, 6.07) is -1.27. The molecule has 4 N–H and O–H groups in total. The average Bonchev–Trinajstić information content (AvgIpc) is 2.36. The molecule has 9 heteroatoms. The van der Waals surface area contributed by atoms with Gasteiger partial charge in [0, 0.05) is 21.2 Å². The largest absolute Gasteiger partial charge is 0.480 e. The van der Waals surface area contributed by atoms with E-state index in [0.717, 1.165) is 6.42 Å². The summed E-state index contributed by atoms with van der Waals surface area (Å²) in [5.74, 6) is -1.40. The minimum Gasteiger partial charge on any atom is -0.480 e. The highest BCUT2D eigenvalue weighted by Gasteiger charge is 2.35. The Balaban J connectivity index is 2.49. The fourth-order valence-electron chi connectivity index (χ4n) is 2.31. The first kappa shape index (κ1) is 20.7. The molecule has 1 saturated carbocycles. The number of rotatable bonds is 8. The highest BCUT2D eigenvalue weighted by Crippen LogP contribution is 2.34. The Morgan fingerprint density at radius 3 is 2.33 bits per heavy atom. The van der Waals surface area contributed by atoms with E-state index in [1.54, 1.807) is 20.8 Å². The zero-order valence-electron chi connectivity index (χ0n) is 14.5. The molecular weight excluding hydrogens is 336 g/mol. The fourth-order valence-corrected chi connectivity index (χ4v) is 3.84. The monoisotopic (exact) mass is 364 g/mol. The lowest BCUT2D eigenvalue weighted by molar-refractivity contribution is -0.139. The Bertz CT molecular complexity index is 563. The summed E-state index contributed by atoms with van der Waals surface area (Å²) < 4.78 is 25.1. The SMILES string of the molecule is CC(C)(C)OC(=O)NC(CCS(=N)(=O)CCC1(O)CCC1)C(=O)O. The number of carboxylic acids is 1. The highest BCUT2D eigenvalue weighted by atomic mass is 32.2. The molecule has 140 valence electrons. The normalized spacial score (nSPS) is 20.3. The Morgan fingerprint density at radius 2 is 1.92 bits per heavy atom. The Kier molecular flexibility index (Phi) is 6.63. The molecule has 24 heavy (non-hydrogen) atoms. The molecule has 0 spiro atoms. The van der Waals surface area contributed by atoms with E-state index >= 15 is 0 Å². The predicted molar refractivity (Wildman–Crippen MR) is 89.4 cm³/mol. The molecule has 0 aromatic heterocycles. The summed E-state index contributed by atoms with van der Waals surface area (Å²) in [7, 11) is -3.01. The van der Waals surface area contributed by atoms with Crippen molar-refractivity contribution in [2.45, 2.75) is 70.1 Å². The van der Waals surface area contributed by atoms with Crippen LogP contribution in [0.5, 0.6) is 0 Å². The molecule has 1 rings (SSSR count). The predicted octanol–water partition coefficient (Wildman–Crippen LogP) is 1.71. The number of carbonyl (C=O) groups is 2. The number of carbonyl (C=O) groups excluding carboxylic acids is 1.